The van der Waals surface area contributed by atoms with E-state index < -0.39 is 0 Å². The van der Waals surface area contributed by atoms with Crippen molar-refractivity contribution >= 4 is 23.2 Å². The van der Waals surface area contributed by atoms with Crippen LogP contribution in [0.4, 0.5) is 4.39 Å². The molecule has 19 heavy (non-hydrogen) atoms. The Morgan fingerprint density at radius 2 is 1.79 bits per heavy atom. The van der Waals surface area contributed by atoms with E-state index in [1.54, 1.807) is 6.07 Å². The molecule has 100 valence electrons. The van der Waals surface area contributed by atoms with Crippen molar-refractivity contribution in [3.8, 4) is 0 Å². The standard InChI is InChI=1S/C15H14Cl2FN/c1-10(11-2-5-13(16)6-3-11)19-9-12-4-7-14(18)8-15(12)17/h2-8,10,19H,9H2,1H3/t10-/m0/s1. The van der Waals surface area contributed by atoms with E-state index in [9.17, 15) is 4.39 Å². The molecule has 1 nitrogen and oxygen atoms in total. The summed E-state index contributed by atoms with van der Waals surface area (Å²) < 4.78 is 12.9. The van der Waals surface area contributed by atoms with Crippen LogP contribution in [0.3, 0.4) is 0 Å². The molecule has 0 bridgehead atoms. The number of benzene rings is 2. The lowest BCUT2D eigenvalue weighted by Crippen LogP contribution is -2.18. The zero-order valence-corrected chi connectivity index (χ0v) is 12.0. The molecule has 0 heterocycles. The van der Waals surface area contributed by atoms with Crippen molar-refractivity contribution in [1.82, 2.24) is 5.32 Å². The minimum absolute atomic E-state index is 0.165. The first-order valence-corrected chi connectivity index (χ1v) is 6.74. The second-order valence-corrected chi connectivity index (χ2v) is 5.23. The van der Waals surface area contributed by atoms with Gasteiger partial charge in [0.25, 0.3) is 0 Å². The minimum atomic E-state index is -0.320. The molecule has 2 aromatic carbocycles. The van der Waals surface area contributed by atoms with Crippen LogP contribution in [0.25, 0.3) is 0 Å². The highest BCUT2D eigenvalue weighted by atomic mass is 35.5. The highest BCUT2D eigenvalue weighted by Gasteiger charge is 2.07. The van der Waals surface area contributed by atoms with E-state index in [-0.39, 0.29) is 11.9 Å². The molecule has 1 atom stereocenters. The summed E-state index contributed by atoms with van der Waals surface area (Å²) in [5.41, 5.74) is 2.02. The Hall–Kier alpha value is -1.09. The molecule has 0 aliphatic heterocycles. The first kappa shape index (κ1) is 14.3. The van der Waals surface area contributed by atoms with Gasteiger partial charge in [0.2, 0.25) is 0 Å². The fourth-order valence-electron chi connectivity index (χ4n) is 1.80. The fraction of sp³-hybridized carbons (Fsp3) is 0.200. The van der Waals surface area contributed by atoms with E-state index in [0.29, 0.717) is 11.6 Å². The van der Waals surface area contributed by atoms with Gasteiger partial charge in [-0.1, -0.05) is 41.4 Å². The Morgan fingerprint density at radius 3 is 2.42 bits per heavy atom. The number of nitrogens with one attached hydrogen (secondary N) is 1. The first-order chi connectivity index (χ1) is 9.06. The van der Waals surface area contributed by atoms with Crippen molar-refractivity contribution in [2.24, 2.45) is 0 Å². The Bertz CT molecular complexity index is 555. The number of hydrogen-bond donors (Lipinski definition) is 1. The molecule has 0 fully saturated rings. The highest BCUT2D eigenvalue weighted by Crippen LogP contribution is 2.20. The van der Waals surface area contributed by atoms with E-state index in [4.69, 9.17) is 23.2 Å². The van der Waals surface area contributed by atoms with Crippen LogP contribution in [0.5, 0.6) is 0 Å². The molecule has 0 spiro atoms. The molecule has 4 heteroatoms. The summed E-state index contributed by atoms with van der Waals surface area (Å²) in [6.07, 6.45) is 0. The molecule has 0 saturated carbocycles. The zero-order chi connectivity index (χ0) is 13.8. The van der Waals surface area contributed by atoms with Gasteiger partial charge in [0.15, 0.2) is 0 Å². The number of halogens is 3. The quantitative estimate of drug-likeness (QED) is 0.839. The van der Waals surface area contributed by atoms with Crippen LogP contribution in [0.1, 0.15) is 24.1 Å². The van der Waals surface area contributed by atoms with Gasteiger partial charge in [-0.3, -0.25) is 0 Å². The Balaban J connectivity index is 2.00. The van der Waals surface area contributed by atoms with Crippen LogP contribution >= 0.6 is 23.2 Å². The second kappa shape index (κ2) is 6.38. The second-order valence-electron chi connectivity index (χ2n) is 4.39. The predicted molar refractivity (Wildman–Crippen MR) is 78.1 cm³/mol. The maximum absolute atomic E-state index is 12.9. The smallest absolute Gasteiger partial charge is 0.124 e. The average Bonchev–Trinajstić information content (AvgIpc) is 2.38. The molecule has 0 unspecified atom stereocenters. The topological polar surface area (TPSA) is 12.0 Å². The average molecular weight is 298 g/mol. The van der Waals surface area contributed by atoms with Crippen molar-refractivity contribution < 1.29 is 4.39 Å². The van der Waals surface area contributed by atoms with Crippen molar-refractivity contribution in [1.29, 1.82) is 0 Å². The van der Waals surface area contributed by atoms with Gasteiger partial charge in [0, 0.05) is 22.6 Å². The van der Waals surface area contributed by atoms with Crippen molar-refractivity contribution in [3.05, 3.63) is 69.5 Å². The van der Waals surface area contributed by atoms with E-state index >= 15 is 0 Å². The minimum Gasteiger partial charge on any atom is -0.306 e. The van der Waals surface area contributed by atoms with E-state index in [2.05, 4.69) is 12.2 Å². The Labute approximate surface area is 122 Å². The molecule has 0 radical (unpaired) electrons. The molecule has 0 saturated heterocycles. The lowest BCUT2D eigenvalue weighted by molar-refractivity contribution is 0.573. The van der Waals surface area contributed by atoms with Crippen LogP contribution in [0, 0.1) is 5.82 Å². The van der Waals surface area contributed by atoms with E-state index in [0.717, 1.165) is 16.1 Å². The molecule has 2 rings (SSSR count). The predicted octanol–water partition coefficient (Wildman–Crippen LogP) is 4.98. The molecule has 0 aliphatic carbocycles. The van der Waals surface area contributed by atoms with Crippen LogP contribution in [-0.4, -0.2) is 0 Å². The third kappa shape index (κ3) is 3.93. The third-order valence-electron chi connectivity index (χ3n) is 2.98. The van der Waals surface area contributed by atoms with Crippen LogP contribution in [0.15, 0.2) is 42.5 Å². The van der Waals surface area contributed by atoms with Gasteiger partial charge in [-0.15, -0.1) is 0 Å². The summed E-state index contributed by atoms with van der Waals surface area (Å²) in [6.45, 7) is 2.64. The maximum Gasteiger partial charge on any atom is 0.124 e. The summed E-state index contributed by atoms with van der Waals surface area (Å²) in [7, 11) is 0. The normalized spacial score (nSPS) is 12.4. The van der Waals surface area contributed by atoms with Crippen molar-refractivity contribution in [2.75, 3.05) is 0 Å². The molecule has 2 aromatic rings. The molecular weight excluding hydrogens is 284 g/mol. The van der Waals surface area contributed by atoms with Gasteiger partial charge >= 0.3 is 0 Å². The number of hydrogen-bond acceptors (Lipinski definition) is 1. The van der Waals surface area contributed by atoms with Crippen molar-refractivity contribution in [2.45, 2.75) is 19.5 Å². The molecule has 1 N–H and O–H groups in total. The largest absolute Gasteiger partial charge is 0.306 e. The molecular formula is C15H14Cl2FN. The zero-order valence-electron chi connectivity index (χ0n) is 10.5. The summed E-state index contributed by atoms with van der Waals surface area (Å²) >= 11 is 11.8. The van der Waals surface area contributed by atoms with Gasteiger partial charge in [-0.05, 0) is 42.3 Å². The van der Waals surface area contributed by atoms with Gasteiger partial charge in [0.05, 0.1) is 0 Å². The van der Waals surface area contributed by atoms with Gasteiger partial charge in [-0.25, -0.2) is 4.39 Å². The first-order valence-electron chi connectivity index (χ1n) is 5.99. The molecule has 0 amide bonds. The van der Waals surface area contributed by atoms with Gasteiger partial charge in [-0.2, -0.15) is 0 Å². The molecule has 0 aromatic heterocycles. The SMILES string of the molecule is C[C@H](NCc1ccc(F)cc1Cl)c1ccc(Cl)cc1. The Morgan fingerprint density at radius 1 is 1.11 bits per heavy atom. The van der Waals surface area contributed by atoms with Crippen LogP contribution in [0.2, 0.25) is 10.0 Å². The molecule has 0 aliphatic rings. The third-order valence-corrected chi connectivity index (χ3v) is 3.59. The summed E-state index contributed by atoms with van der Waals surface area (Å²) in [5.74, 6) is -0.320. The van der Waals surface area contributed by atoms with Crippen LogP contribution < -0.4 is 5.32 Å². The van der Waals surface area contributed by atoms with Gasteiger partial charge in [0.1, 0.15) is 5.82 Å². The lowest BCUT2D eigenvalue weighted by atomic mass is 10.1. The lowest BCUT2D eigenvalue weighted by Gasteiger charge is -2.15. The monoisotopic (exact) mass is 297 g/mol. The highest BCUT2D eigenvalue weighted by molar-refractivity contribution is 6.31. The van der Waals surface area contributed by atoms with Crippen LogP contribution in [-0.2, 0) is 6.54 Å². The maximum atomic E-state index is 12.9. The van der Waals surface area contributed by atoms with E-state index in [1.807, 2.05) is 24.3 Å². The summed E-state index contributed by atoms with van der Waals surface area (Å²) in [5, 5.41) is 4.51. The summed E-state index contributed by atoms with van der Waals surface area (Å²) in [6, 6.07) is 12.3. The Kier molecular flexibility index (Phi) is 4.81. The summed E-state index contributed by atoms with van der Waals surface area (Å²) in [4.78, 5) is 0. The fourth-order valence-corrected chi connectivity index (χ4v) is 2.16. The van der Waals surface area contributed by atoms with Crippen molar-refractivity contribution in [3.63, 3.8) is 0 Å². The number of rotatable bonds is 4. The van der Waals surface area contributed by atoms with Gasteiger partial charge < -0.3 is 5.32 Å². The van der Waals surface area contributed by atoms with E-state index in [1.165, 1.54) is 12.1 Å².